The largest absolute Gasteiger partial charge is 0.493 e. The highest BCUT2D eigenvalue weighted by atomic mass is 32.2. The van der Waals surface area contributed by atoms with E-state index in [2.05, 4.69) is 34.4 Å². The van der Waals surface area contributed by atoms with Gasteiger partial charge in [0.2, 0.25) is 11.8 Å². The number of ether oxygens (including phenoxy) is 6. The Morgan fingerprint density at radius 1 is 0.677 bits per heavy atom. The first-order chi connectivity index (χ1) is 47.7. The number of carbonyl (C=O) groups excluding carboxylic acids is 9. The Balaban J connectivity index is 0.00000304. The lowest BCUT2D eigenvalue weighted by molar-refractivity contribution is -0.147. The highest BCUT2D eigenvalue weighted by Crippen LogP contribution is 2.39. The number of anilines is 3. The molecule has 0 spiro atoms. The van der Waals surface area contributed by atoms with Crippen molar-refractivity contribution in [2.75, 3.05) is 95.4 Å². The van der Waals surface area contributed by atoms with Crippen LogP contribution in [0.2, 0.25) is 0 Å². The summed E-state index contributed by atoms with van der Waals surface area (Å²) < 4.78 is 60.6. The average molecular weight is 1390 g/mol. The van der Waals surface area contributed by atoms with Gasteiger partial charge in [-0.15, -0.1) is 12.6 Å². The van der Waals surface area contributed by atoms with Crippen LogP contribution in [0.1, 0.15) is 121 Å². The van der Waals surface area contributed by atoms with Gasteiger partial charge in [-0.25, -0.2) is 4.79 Å². The van der Waals surface area contributed by atoms with Crippen molar-refractivity contribution >= 4 is 80.6 Å². The molecule has 9 rings (SSSR count). The molecule has 2 saturated heterocycles. The number of aryl methyl sites for hydroxylation is 1. The molecule has 5 unspecified atom stereocenters. The molecule has 5 atom stereocenters. The fraction of sp³-hybridized carbons (Fsp3) is 0.458. The molecule has 5 heterocycles. The molecule has 27 heteroatoms. The van der Waals surface area contributed by atoms with E-state index >= 15 is 0 Å². The number of nitrogens with zero attached hydrogens (tertiary/aromatic N) is 3. The van der Waals surface area contributed by atoms with Crippen molar-refractivity contribution in [1.29, 1.82) is 0 Å². The van der Waals surface area contributed by atoms with Gasteiger partial charge in [-0.05, 0) is 119 Å². The molecule has 0 aromatic heterocycles. The van der Waals surface area contributed by atoms with Crippen LogP contribution in [0.25, 0.3) is 0 Å². The van der Waals surface area contributed by atoms with Crippen LogP contribution in [-0.2, 0) is 71.4 Å². The van der Waals surface area contributed by atoms with Gasteiger partial charge >= 0.3 is 16.6 Å². The third-order valence-corrected chi connectivity index (χ3v) is 17.5. The van der Waals surface area contributed by atoms with Crippen molar-refractivity contribution in [2.45, 2.75) is 128 Å². The Morgan fingerprint density at radius 2 is 1.33 bits per heavy atom. The summed E-state index contributed by atoms with van der Waals surface area (Å²) in [6.07, 6.45) is 8.27. The van der Waals surface area contributed by atoms with Crippen LogP contribution in [-0.4, -0.2) is 184 Å². The van der Waals surface area contributed by atoms with Crippen molar-refractivity contribution in [2.24, 2.45) is 11.7 Å². The molecule has 4 aromatic carbocycles. The molecule has 0 bridgehead atoms. The fourth-order valence-electron chi connectivity index (χ4n) is 12.3. The normalized spacial score (nSPS) is 17.3. The second-order valence-corrected chi connectivity index (χ2v) is 25.4. The smallest absolute Gasteiger partial charge is 0.425 e. The molecule has 4 aromatic rings. The van der Waals surface area contributed by atoms with Gasteiger partial charge in [0.05, 0.1) is 74.7 Å². The summed E-state index contributed by atoms with van der Waals surface area (Å²) in [5.74, 6) is -2.04. The third kappa shape index (κ3) is 22.0. The number of hydrogen-bond acceptors (Lipinski definition) is 21. The highest BCUT2D eigenvalue weighted by molar-refractivity contribution is 7.59. The lowest BCUT2D eigenvalue weighted by atomic mass is 9.92. The van der Waals surface area contributed by atoms with E-state index in [1.54, 1.807) is 54.5 Å². The van der Waals surface area contributed by atoms with E-state index in [-0.39, 0.29) is 94.5 Å². The molecule has 530 valence electrons. The summed E-state index contributed by atoms with van der Waals surface area (Å²) in [6, 6.07) is 20.9. The minimum atomic E-state index is -3.11. The first-order valence-corrected chi connectivity index (χ1v) is 34.4. The summed E-state index contributed by atoms with van der Waals surface area (Å²) in [5.41, 5.74) is 12.5. The number of imide groups is 1. The molecule has 0 aliphatic carbocycles. The molecule has 6 N–H and O–H groups in total. The number of fused-ring (bicyclic) bond motifs is 4. The molecule has 0 radical (unpaired) electrons. The zero-order valence-corrected chi connectivity index (χ0v) is 56.8. The number of unbranched alkanes of at least 4 members (excludes halogenated alkanes) is 3. The molecule has 6 amide bonds. The number of benzene rings is 4. The standard InChI is InChI=1S/C72H88N8O15.O3S/c1-46-34-53-42-74-59-40-64(63(90-4)39-57(59)70(87)79(53)43-46)94-30-12-6-11-29-93-62-41-60-56(36-48(62)3)71(88)80-44-47(2)35-61(80)67(76-60)72(89)95-45-50-18-20-52(21-19-50)75-69(86)58(17-9-10-26-73)77-68(85)51(37-49-14-7-5-8-15-49)38-55(82)25-31-92-33-32-91-28-13-16-54(81)24-27-78-65(83)22-23-66(78)84;1-4(2)3/h5,7-8,14-15,18-23,36,39-41,51,53,58,61,67,74,76H,1-2,6,9-13,16-17,24-35,37-38,42-45,73H2,3-4H3,(H,75,86)(H,77,85);. The van der Waals surface area contributed by atoms with Crippen molar-refractivity contribution in [3.8, 4) is 17.2 Å². The van der Waals surface area contributed by atoms with Gasteiger partial charge in [0.25, 0.3) is 23.6 Å². The van der Waals surface area contributed by atoms with Gasteiger partial charge in [0.1, 0.15) is 36.0 Å². The van der Waals surface area contributed by atoms with Crippen LogP contribution in [0, 0.1) is 12.8 Å². The zero-order valence-electron chi connectivity index (χ0n) is 56.0. The van der Waals surface area contributed by atoms with E-state index in [1.165, 1.54) is 12.2 Å². The maximum Gasteiger partial charge on any atom is 0.425 e. The maximum absolute atomic E-state index is 14.2. The number of Topliss-reactive ketones (excluding diaryl/α,β-unsaturated/α-hetero) is 2. The summed E-state index contributed by atoms with van der Waals surface area (Å²) >= 11 is 0. The molecule has 26 nitrogen and oxygen atoms in total. The predicted molar refractivity (Wildman–Crippen MR) is 366 cm³/mol. The van der Waals surface area contributed by atoms with Crippen LogP contribution >= 0.6 is 0 Å². The summed E-state index contributed by atoms with van der Waals surface area (Å²) in [5, 5.41) is 12.6. The van der Waals surface area contributed by atoms with Crippen LogP contribution in [0.15, 0.2) is 115 Å². The SMILES string of the molecule is C=C1CC2CNc3cc(OCCCCCOc4cc5c(cc4C)C(=O)N4CC(=C)CC4C(C(=O)OCc4ccc(NC(=O)C(CCCCN)NC(=O)C(CC(=O)CCOCCOCCCC(=O)CCN6C(=O)C=CC6=O)Cc6ccccc6)cc4)N5)c(OC)cc3C(=O)N2C1.O=S(=O)=O. The first-order valence-electron chi connectivity index (χ1n) is 33.4. The van der Waals surface area contributed by atoms with Gasteiger partial charge in [-0.3, -0.25) is 43.3 Å². The summed E-state index contributed by atoms with van der Waals surface area (Å²) in [7, 11) is -1.55. The number of rotatable bonds is 37. The number of esters is 1. The lowest BCUT2D eigenvalue weighted by Crippen LogP contribution is -2.48. The predicted octanol–water partition coefficient (Wildman–Crippen LogP) is 6.59. The van der Waals surface area contributed by atoms with E-state index in [9.17, 15) is 43.2 Å². The van der Waals surface area contributed by atoms with E-state index in [4.69, 9.17) is 46.8 Å². The van der Waals surface area contributed by atoms with E-state index < -0.39 is 64.3 Å². The number of amides is 6. The zero-order chi connectivity index (χ0) is 71.0. The van der Waals surface area contributed by atoms with Crippen molar-refractivity contribution in [3.05, 3.63) is 143 Å². The van der Waals surface area contributed by atoms with E-state index in [1.807, 2.05) is 48.2 Å². The number of ketones is 2. The Hall–Kier alpha value is -9.57. The average Bonchev–Trinajstić information content (AvgIpc) is 1.64. The van der Waals surface area contributed by atoms with E-state index in [0.717, 1.165) is 52.9 Å². The number of nitrogens with one attached hydrogen (secondary N) is 4. The monoisotopic (exact) mass is 1380 g/mol. The van der Waals surface area contributed by atoms with Gasteiger partial charge in [-0.1, -0.05) is 66.8 Å². The van der Waals surface area contributed by atoms with Gasteiger partial charge in [-0.2, -0.15) is 0 Å². The Labute approximate surface area is 577 Å². The minimum absolute atomic E-state index is 0.0496. The topological polar surface area (TPSA) is 344 Å². The molecule has 5 aliphatic rings. The maximum atomic E-state index is 14.2. The number of carbonyl (C=O) groups is 9. The fourth-order valence-corrected chi connectivity index (χ4v) is 12.3. The van der Waals surface area contributed by atoms with Gasteiger partial charge in [0, 0.05) is 94.4 Å². The van der Waals surface area contributed by atoms with E-state index in [0.29, 0.717) is 129 Å². The quantitative estimate of drug-likeness (QED) is 0.0138. The van der Waals surface area contributed by atoms with Crippen molar-refractivity contribution in [3.63, 3.8) is 0 Å². The Morgan fingerprint density at radius 3 is 2.04 bits per heavy atom. The second-order valence-electron chi connectivity index (χ2n) is 25.0. The van der Waals surface area contributed by atoms with Gasteiger partial charge in [0.15, 0.2) is 11.5 Å². The number of nitrogens with two attached hydrogens (primary N) is 1. The molecular weight excluding hydrogens is 1300 g/mol. The number of methoxy groups -OCH3 is 1. The Kier molecular flexibility index (Phi) is 28.4. The van der Waals surface area contributed by atoms with Crippen LogP contribution in [0.4, 0.5) is 17.1 Å². The first kappa shape index (κ1) is 75.2. The molecule has 0 saturated carbocycles. The molecular formula is C72H88N8O18S. The number of hydrogen-bond donors (Lipinski definition) is 5. The molecule has 2 fully saturated rings. The van der Waals surface area contributed by atoms with Crippen molar-refractivity contribution in [1.82, 2.24) is 20.0 Å². The summed E-state index contributed by atoms with van der Waals surface area (Å²) in [6.45, 7) is 13.6. The third-order valence-electron chi connectivity index (χ3n) is 17.5. The highest BCUT2D eigenvalue weighted by Gasteiger charge is 2.45. The summed E-state index contributed by atoms with van der Waals surface area (Å²) in [4.78, 5) is 124. The van der Waals surface area contributed by atoms with Crippen LogP contribution in [0.5, 0.6) is 17.2 Å². The second kappa shape index (κ2) is 37.4. The van der Waals surface area contributed by atoms with Crippen LogP contribution in [0.3, 0.4) is 0 Å². The minimum Gasteiger partial charge on any atom is -0.493 e. The van der Waals surface area contributed by atoms with Crippen molar-refractivity contribution < 1.29 is 84.2 Å². The molecule has 5 aliphatic heterocycles. The van der Waals surface area contributed by atoms with Gasteiger partial charge < -0.3 is 65.2 Å². The molecule has 99 heavy (non-hydrogen) atoms. The van der Waals surface area contributed by atoms with Crippen LogP contribution < -0.4 is 41.2 Å². The Bertz CT molecular complexity index is 3730. The lowest BCUT2D eigenvalue weighted by Gasteiger charge is -2.27.